The number of halogens is 1. The number of hydrogen-bond donors (Lipinski definition) is 1. The van der Waals surface area contributed by atoms with Gasteiger partial charge in [0, 0.05) is 30.7 Å². The van der Waals surface area contributed by atoms with E-state index in [4.69, 9.17) is 30.5 Å². The summed E-state index contributed by atoms with van der Waals surface area (Å²) in [6.07, 6.45) is 2.65. The molecule has 2 saturated heterocycles. The Hall–Kier alpha value is -3.21. The number of benzene rings is 2. The zero-order valence-corrected chi connectivity index (χ0v) is 18.3. The molecule has 10 nitrogen and oxygen atoms in total. The Bertz CT molecular complexity index is 1180. The molecule has 33 heavy (non-hydrogen) atoms. The summed E-state index contributed by atoms with van der Waals surface area (Å²) in [7, 11) is 0. The number of nitro benzene ring substituents is 1. The van der Waals surface area contributed by atoms with Crippen LogP contribution in [0.3, 0.4) is 0 Å². The largest absolute Gasteiger partial charge is 0.486 e. The molecule has 3 aromatic rings. The number of nitrogens with zero attached hydrogens (tertiary/aromatic N) is 3. The average molecular weight is 473 g/mol. The van der Waals surface area contributed by atoms with E-state index in [0.717, 1.165) is 6.42 Å². The Morgan fingerprint density at radius 2 is 1.76 bits per heavy atom. The molecule has 0 bridgehead atoms. The molecular weight excluding hydrogens is 452 g/mol. The molecule has 1 aromatic heterocycles. The van der Waals surface area contributed by atoms with Gasteiger partial charge >= 0.3 is 5.69 Å². The van der Waals surface area contributed by atoms with Crippen LogP contribution >= 0.6 is 11.6 Å². The summed E-state index contributed by atoms with van der Waals surface area (Å²) in [6, 6.07) is 8.27. The molecule has 172 valence electrons. The number of hydrogen-bond acceptors (Lipinski definition) is 9. The van der Waals surface area contributed by atoms with Gasteiger partial charge in [-0.15, -0.1) is 0 Å². The Kier molecular flexibility index (Phi) is 6.12. The summed E-state index contributed by atoms with van der Waals surface area (Å²) in [6.45, 7) is 2.20. The third kappa shape index (κ3) is 4.77. The molecule has 0 saturated carbocycles. The fourth-order valence-corrected chi connectivity index (χ4v) is 4.02. The van der Waals surface area contributed by atoms with Gasteiger partial charge in [-0.1, -0.05) is 11.6 Å². The van der Waals surface area contributed by atoms with Crippen LogP contribution in [0.15, 0.2) is 36.7 Å². The third-order valence-electron chi connectivity index (χ3n) is 5.47. The average Bonchev–Trinajstić information content (AvgIpc) is 3.50. The van der Waals surface area contributed by atoms with Crippen LogP contribution in [-0.2, 0) is 9.47 Å². The van der Waals surface area contributed by atoms with Gasteiger partial charge in [0.15, 0.2) is 5.75 Å². The van der Waals surface area contributed by atoms with E-state index in [-0.39, 0.29) is 23.6 Å². The highest BCUT2D eigenvalue weighted by molar-refractivity contribution is 6.32. The molecule has 0 spiro atoms. The smallest absolute Gasteiger partial charge is 0.311 e. The minimum atomic E-state index is -0.475. The van der Waals surface area contributed by atoms with Crippen LogP contribution < -0.4 is 14.8 Å². The molecular formula is C22H21ClN4O6. The first-order valence-electron chi connectivity index (χ1n) is 10.6. The van der Waals surface area contributed by atoms with Gasteiger partial charge in [0.25, 0.3) is 0 Å². The van der Waals surface area contributed by atoms with E-state index < -0.39 is 4.92 Å². The Balaban J connectivity index is 1.42. The number of nitro groups is 1. The van der Waals surface area contributed by atoms with Crippen LogP contribution in [0.4, 0.5) is 17.2 Å². The van der Waals surface area contributed by atoms with E-state index in [9.17, 15) is 10.1 Å². The van der Waals surface area contributed by atoms with Gasteiger partial charge in [0.1, 0.15) is 30.1 Å². The number of fused-ring (bicyclic) bond motifs is 1. The highest BCUT2D eigenvalue weighted by Gasteiger charge is 2.25. The summed E-state index contributed by atoms with van der Waals surface area (Å²) in [5, 5.41) is 15.8. The van der Waals surface area contributed by atoms with Crippen molar-refractivity contribution in [3.8, 4) is 11.5 Å². The Morgan fingerprint density at radius 3 is 2.39 bits per heavy atom. The van der Waals surface area contributed by atoms with Crippen molar-refractivity contribution in [3.05, 3.63) is 51.8 Å². The second-order valence-corrected chi connectivity index (χ2v) is 8.20. The molecule has 0 amide bonds. The molecule has 2 aliphatic heterocycles. The first kappa shape index (κ1) is 21.6. The molecule has 2 aromatic carbocycles. The van der Waals surface area contributed by atoms with Crippen LogP contribution in [0, 0.1) is 10.1 Å². The fraction of sp³-hybridized carbons (Fsp3) is 0.364. The number of rotatable bonds is 7. The zero-order valence-electron chi connectivity index (χ0n) is 17.5. The first-order valence-corrected chi connectivity index (χ1v) is 10.9. The van der Waals surface area contributed by atoms with Crippen molar-refractivity contribution in [1.82, 2.24) is 9.97 Å². The lowest BCUT2D eigenvalue weighted by Gasteiger charge is -2.15. The van der Waals surface area contributed by atoms with Crippen molar-refractivity contribution in [2.75, 3.05) is 31.7 Å². The van der Waals surface area contributed by atoms with Crippen molar-refractivity contribution in [2.45, 2.75) is 25.0 Å². The van der Waals surface area contributed by atoms with Crippen molar-refractivity contribution >= 4 is 39.7 Å². The maximum atomic E-state index is 11.7. The number of nitrogens with one attached hydrogen (secondary N) is 1. The number of ether oxygens (including phenoxy) is 4. The molecule has 2 atom stereocenters. The predicted octanol–water partition coefficient (Wildman–Crippen LogP) is 4.27. The van der Waals surface area contributed by atoms with Crippen LogP contribution in [0.5, 0.6) is 11.5 Å². The van der Waals surface area contributed by atoms with E-state index in [1.54, 1.807) is 24.3 Å². The lowest BCUT2D eigenvalue weighted by molar-refractivity contribution is -0.385. The third-order valence-corrected chi connectivity index (χ3v) is 5.77. The van der Waals surface area contributed by atoms with Gasteiger partial charge in [0.05, 0.1) is 47.3 Å². The highest BCUT2D eigenvalue weighted by atomic mass is 35.5. The first-order chi connectivity index (χ1) is 16.1. The van der Waals surface area contributed by atoms with Crippen molar-refractivity contribution in [2.24, 2.45) is 0 Å². The normalized spacial score (nSPS) is 20.2. The minimum absolute atomic E-state index is 0.0140. The lowest BCUT2D eigenvalue weighted by atomic mass is 10.2. The lowest BCUT2D eigenvalue weighted by Crippen LogP contribution is -2.16. The molecule has 3 heterocycles. The molecule has 1 N–H and O–H groups in total. The van der Waals surface area contributed by atoms with Crippen molar-refractivity contribution < 1.29 is 23.9 Å². The van der Waals surface area contributed by atoms with Crippen LogP contribution in [-0.4, -0.2) is 53.5 Å². The molecule has 2 unspecified atom stereocenters. The summed E-state index contributed by atoms with van der Waals surface area (Å²) >= 11 is 6.41. The van der Waals surface area contributed by atoms with Gasteiger partial charge in [-0.05, 0) is 18.2 Å². The van der Waals surface area contributed by atoms with Crippen LogP contribution in [0.25, 0.3) is 10.9 Å². The summed E-state index contributed by atoms with van der Waals surface area (Å²) < 4.78 is 22.3. The summed E-state index contributed by atoms with van der Waals surface area (Å²) in [5.74, 6) is 1.14. The zero-order chi connectivity index (χ0) is 22.8. The van der Waals surface area contributed by atoms with Gasteiger partial charge in [-0.2, -0.15) is 0 Å². The molecule has 11 heteroatoms. The number of aromatic nitrogens is 2. The van der Waals surface area contributed by atoms with E-state index in [2.05, 4.69) is 15.3 Å². The quantitative estimate of drug-likeness (QED) is 0.397. The number of anilines is 2. The van der Waals surface area contributed by atoms with E-state index in [1.807, 2.05) is 0 Å². The van der Waals surface area contributed by atoms with Crippen LogP contribution in [0.2, 0.25) is 5.02 Å². The second-order valence-electron chi connectivity index (χ2n) is 7.79. The topological polar surface area (TPSA) is 118 Å². The van der Waals surface area contributed by atoms with Crippen molar-refractivity contribution in [1.29, 1.82) is 0 Å². The van der Waals surface area contributed by atoms with Gasteiger partial charge in [0.2, 0.25) is 0 Å². The SMILES string of the molecule is O=[N+]([O-])c1cc2c(Nc3ccc(OC4CCOC4)c(Cl)c3)ncnc2cc1OC1CCOC1. The van der Waals surface area contributed by atoms with E-state index in [0.29, 0.717) is 66.0 Å². The summed E-state index contributed by atoms with van der Waals surface area (Å²) in [4.78, 5) is 19.8. The van der Waals surface area contributed by atoms with Gasteiger partial charge in [-0.25, -0.2) is 9.97 Å². The molecule has 5 rings (SSSR count). The predicted molar refractivity (Wildman–Crippen MR) is 121 cm³/mol. The fourth-order valence-electron chi connectivity index (χ4n) is 3.79. The van der Waals surface area contributed by atoms with Gasteiger partial charge < -0.3 is 24.3 Å². The standard InChI is InChI=1S/C22H21ClN4O6/c23-17-7-13(1-2-20(17)32-14-3-5-30-10-14)26-22-16-8-19(27(28)29)21(9-18(16)24-12-25-22)33-15-4-6-31-11-15/h1-2,7-9,12,14-15H,3-6,10-11H2,(H,24,25,26). The summed E-state index contributed by atoms with van der Waals surface area (Å²) in [5.41, 5.74) is 1.01. The minimum Gasteiger partial charge on any atom is -0.486 e. The maximum absolute atomic E-state index is 11.7. The monoisotopic (exact) mass is 472 g/mol. The van der Waals surface area contributed by atoms with Crippen LogP contribution in [0.1, 0.15) is 12.8 Å². The Labute approximate surface area is 193 Å². The maximum Gasteiger partial charge on any atom is 0.311 e. The molecule has 2 fully saturated rings. The molecule has 0 radical (unpaired) electrons. The highest BCUT2D eigenvalue weighted by Crippen LogP contribution is 2.36. The van der Waals surface area contributed by atoms with Gasteiger partial charge in [-0.3, -0.25) is 10.1 Å². The second kappa shape index (κ2) is 9.34. The molecule has 2 aliphatic rings. The van der Waals surface area contributed by atoms with E-state index in [1.165, 1.54) is 12.4 Å². The van der Waals surface area contributed by atoms with E-state index >= 15 is 0 Å². The Morgan fingerprint density at radius 1 is 1.03 bits per heavy atom. The molecule has 0 aliphatic carbocycles. The van der Waals surface area contributed by atoms with Crippen molar-refractivity contribution in [3.63, 3.8) is 0 Å².